The second kappa shape index (κ2) is 16.8. The Morgan fingerprint density at radius 2 is 0.690 bits per heavy atom. The molecule has 0 saturated carbocycles. The number of unbranched alkanes of at least 4 members (excludes halogenated alkanes) is 2. The lowest BCUT2D eigenvalue weighted by Crippen LogP contribution is -2.27. The fourth-order valence-corrected chi connectivity index (χ4v) is 7.93. The molecule has 0 spiro atoms. The van der Waals surface area contributed by atoms with Gasteiger partial charge in [-0.1, -0.05) is 152 Å². The van der Waals surface area contributed by atoms with Gasteiger partial charge in [-0.15, -0.1) is 0 Å². The highest BCUT2D eigenvalue weighted by Crippen LogP contribution is 2.40. The van der Waals surface area contributed by atoms with E-state index in [1.165, 1.54) is 43.1 Å². The first-order valence-corrected chi connectivity index (χ1v) is 21.0. The number of benzene rings is 7. The molecule has 0 unspecified atom stereocenters. The predicted molar refractivity (Wildman–Crippen MR) is 257 cm³/mol. The Morgan fingerprint density at radius 1 is 0.397 bits per heavy atom. The van der Waals surface area contributed by atoms with Gasteiger partial charge in [-0.25, -0.2) is 0 Å². The van der Waals surface area contributed by atoms with Gasteiger partial charge in [-0.05, 0) is 140 Å². The van der Waals surface area contributed by atoms with E-state index in [9.17, 15) is 0 Å². The molecule has 0 aromatic heterocycles. The molecule has 4 radical (unpaired) electrons. The molecular weight excluding hydrogens is 698 g/mol. The fraction of sp³-hybridized carbons (Fsp3) is 0.259. The first-order chi connectivity index (χ1) is 27.8. The van der Waals surface area contributed by atoms with E-state index in [-0.39, 0.29) is 10.8 Å². The average Bonchev–Trinajstić information content (AvgIpc) is 3.20. The highest BCUT2D eigenvalue weighted by atomic mass is 15.1. The van der Waals surface area contributed by atoms with Gasteiger partial charge in [0.2, 0.25) is 0 Å². The molecule has 0 aliphatic rings. The molecule has 0 atom stereocenters. The van der Waals surface area contributed by atoms with E-state index in [4.69, 9.17) is 15.7 Å². The third-order valence-corrected chi connectivity index (χ3v) is 11.2. The molecule has 0 saturated heterocycles. The van der Waals surface area contributed by atoms with Crippen molar-refractivity contribution in [2.45, 2.75) is 91.9 Å². The van der Waals surface area contributed by atoms with Gasteiger partial charge >= 0.3 is 0 Å². The normalized spacial score (nSPS) is 12.8. The van der Waals surface area contributed by atoms with Crippen molar-refractivity contribution in [3.8, 4) is 0 Å². The number of fused-ring (bicyclic) bond motifs is 3. The molecular formula is C54H56B2N2. The Bertz CT molecular complexity index is 2460. The maximum atomic E-state index is 6.21. The van der Waals surface area contributed by atoms with Crippen molar-refractivity contribution in [3.05, 3.63) is 155 Å². The number of nitrogens with zero attached hydrogens (tertiary/aromatic N) is 2. The standard InChI is InChI=1S/C54H56B2N2/c1-9-11-13-47-48(14-12-10-2)52-36-46(58(44-29-21-40(56)22-30-44)42-25-17-38(18-26-42)54(6,7)8)32-34-50(52)49-33-31-45(35-51(47)49)57(43-27-19-39(55)20-28-43)41-23-15-37(16-24-41)53(3,4)5/h13-36H,9-12H2,1-8H3/b47-13+,48-14+. The second-order valence-electron chi connectivity index (χ2n) is 17.7. The van der Waals surface area contributed by atoms with E-state index in [1.54, 1.807) is 0 Å². The van der Waals surface area contributed by atoms with E-state index in [2.05, 4.69) is 187 Å². The van der Waals surface area contributed by atoms with E-state index in [0.717, 1.165) is 70.7 Å². The number of hydrogen-bond acceptors (Lipinski definition) is 2. The molecule has 7 rings (SSSR count). The predicted octanol–water partition coefficient (Wildman–Crippen LogP) is 12.3. The Morgan fingerprint density at radius 3 is 0.983 bits per heavy atom. The smallest absolute Gasteiger partial charge is 0.113 e. The van der Waals surface area contributed by atoms with Crippen LogP contribution in [0.2, 0.25) is 0 Å². The van der Waals surface area contributed by atoms with Gasteiger partial charge in [-0.3, -0.25) is 0 Å². The van der Waals surface area contributed by atoms with Crippen molar-refractivity contribution in [1.82, 2.24) is 0 Å². The molecule has 0 N–H and O–H groups in total. The molecule has 0 aliphatic heterocycles. The molecule has 58 heavy (non-hydrogen) atoms. The van der Waals surface area contributed by atoms with Gasteiger partial charge in [0.25, 0.3) is 0 Å². The van der Waals surface area contributed by atoms with Crippen LogP contribution in [-0.2, 0) is 10.8 Å². The third-order valence-electron chi connectivity index (χ3n) is 11.2. The Labute approximate surface area is 349 Å². The first-order valence-electron chi connectivity index (χ1n) is 21.0. The van der Waals surface area contributed by atoms with Crippen LogP contribution in [0.15, 0.2) is 133 Å². The number of anilines is 6. The maximum Gasteiger partial charge on any atom is 0.113 e. The molecule has 4 heteroatoms. The number of hydrogen-bond donors (Lipinski definition) is 0. The monoisotopic (exact) mass is 754 g/mol. The van der Waals surface area contributed by atoms with Gasteiger partial charge in [0.05, 0.1) is 0 Å². The molecule has 0 bridgehead atoms. The summed E-state index contributed by atoms with van der Waals surface area (Å²) in [4.78, 5) is 4.71. The summed E-state index contributed by atoms with van der Waals surface area (Å²) in [5, 5.41) is 7.60. The topological polar surface area (TPSA) is 6.48 Å². The molecule has 0 amide bonds. The van der Waals surface area contributed by atoms with Crippen molar-refractivity contribution in [1.29, 1.82) is 0 Å². The van der Waals surface area contributed by atoms with E-state index in [0.29, 0.717) is 0 Å². The largest absolute Gasteiger partial charge is 0.310 e. The van der Waals surface area contributed by atoms with Gasteiger partial charge in [0.1, 0.15) is 15.7 Å². The van der Waals surface area contributed by atoms with Crippen molar-refractivity contribution in [2.24, 2.45) is 0 Å². The average molecular weight is 755 g/mol. The minimum atomic E-state index is 0.0623. The molecule has 288 valence electrons. The summed E-state index contributed by atoms with van der Waals surface area (Å²) in [5.74, 6) is 0. The zero-order valence-corrected chi connectivity index (χ0v) is 35.7. The fourth-order valence-electron chi connectivity index (χ4n) is 7.93. The lowest BCUT2D eigenvalue weighted by molar-refractivity contribution is 0.590. The van der Waals surface area contributed by atoms with E-state index < -0.39 is 0 Å². The van der Waals surface area contributed by atoms with Crippen LogP contribution in [0, 0.1) is 0 Å². The third kappa shape index (κ3) is 8.53. The summed E-state index contributed by atoms with van der Waals surface area (Å²) in [5.41, 5.74) is 10.8. The summed E-state index contributed by atoms with van der Waals surface area (Å²) < 4.78 is 0. The Kier molecular flexibility index (Phi) is 11.8. The van der Waals surface area contributed by atoms with Gasteiger partial charge in [-0.2, -0.15) is 0 Å². The maximum absolute atomic E-state index is 6.21. The lowest BCUT2D eigenvalue weighted by Gasteiger charge is -2.28. The molecule has 7 aromatic carbocycles. The van der Waals surface area contributed by atoms with Crippen LogP contribution in [0.1, 0.15) is 92.2 Å². The zero-order chi connectivity index (χ0) is 41.2. The molecule has 0 fully saturated rings. The minimum Gasteiger partial charge on any atom is -0.310 e. The van der Waals surface area contributed by atoms with Crippen LogP contribution in [0.5, 0.6) is 0 Å². The first kappa shape index (κ1) is 40.7. The van der Waals surface area contributed by atoms with Crippen molar-refractivity contribution >= 4 is 94.4 Å². The van der Waals surface area contributed by atoms with Gasteiger partial charge in [0, 0.05) is 34.1 Å². The van der Waals surface area contributed by atoms with Crippen LogP contribution in [0.25, 0.3) is 33.7 Å². The SMILES string of the molecule is [B]c1ccc(N(c2ccc(C(C)(C)C)cc2)c2ccc3c(c2)c(=C/CCC)/c(=C\CCC)c2cc(N(c4ccc([B])cc4)c4ccc(C(C)(C)C)cc4)ccc23)cc1. The Balaban J connectivity index is 1.48. The highest BCUT2D eigenvalue weighted by Gasteiger charge is 2.20. The minimum absolute atomic E-state index is 0.0623. The molecule has 0 heterocycles. The molecule has 0 aliphatic carbocycles. The summed E-state index contributed by atoms with van der Waals surface area (Å²) in [6.45, 7) is 18.1. The van der Waals surface area contributed by atoms with Crippen LogP contribution < -0.4 is 31.2 Å². The molecule has 2 nitrogen and oxygen atoms in total. The van der Waals surface area contributed by atoms with Crippen molar-refractivity contribution in [2.75, 3.05) is 9.80 Å². The van der Waals surface area contributed by atoms with Crippen LogP contribution >= 0.6 is 0 Å². The summed E-state index contributed by atoms with van der Waals surface area (Å²) in [6, 6.07) is 48.5. The zero-order valence-electron chi connectivity index (χ0n) is 35.7. The van der Waals surface area contributed by atoms with Gasteiger partial charge < -0.3 is 9.80 Å². The second-order valence-corrected chi connectivity index (χ2v) is 17.7. The van der Waals surface area contributed by atoms with Crippen LogP contribution in [-0.4, -0.2) is 15.7 Å². The summed E-state index contributed by atoms with van der Waals surface area (Å²) in [6.07, 6.45) is 9.05. The highest BCUT2D eigenvalue weighted by molar-refractivity contribution is 6.32. The van der Waals surface area contributed by atoms with Crippen LogP contribution in [0.4, 0.5) is 34.1 Å². The van der Waals surface area contributed by atoms with E-state index in [1.807, 2.05) is 24.3 Å². The summed E-state index contributed by atoms with van der Waals surface area (Å²) in [7, 11) is 12.4. The lowest BCUT2D eigenvalue weighted by atomic mass is 9.87. The number of rotatable bonds is 10. The molecule has 7 aromatic rings. The van der Waals surface area contributed by atoms with E-state index >= 15 is 0 Å². The Hall–Kier alpha value is -5.47. The van der Waals surface area contributed by atoms with Gasteiger partial charge in [0.15, 0.2) is 0 Å². The quantitative estimate of drug-likeness (QED) is 0.101. The van der Waals surface area contributed by atoms with Crippen molar-refractivity contribution in [3.63, 3.8) is 0 Å². The van der Waals surface area contributed by atoms with Crippen LogP contribution in [0.3, 0.4) is 0 Å². The summed E-state index contributed by atoms with van der Waals surface area (Å²) >= 11 is 0. The van der Waals surface area contributed by atoms with Crippen molar-refractivity contribution < 1.29 is 0 Å².